The molecular formula is C12H15N3. The molecule has 1 aliphatic rings. The third kappa shape index (κ3) is 1.31. The van der Waals surface area contributed by atoms with Gasteiger partial charge in [0.15, 0.2) is 0 Å². The van der Waals surface area contributed by atoms with E-state index in [1.165, 1.54) is 16.6 Å². The number of hydrogen-bond donors (Lipinski definition) is 2. The average molecular weight is 201 g/mol. The van der Waals surface area contributed by atoms with E-state index in [2.05, 4.69) is 52.7 Å². The fraction of sp³-hybridized carbons (Fsp3) is 0.333. The van der Waals surface area contributed by atoms with Crippen LogP contribution in [0.25, 0.3) is 10.9 Å². The summed E-state index contributed by atoms with van der Waals surface area (Å²) in [4.78, 5) is 5.67. The zero-order valence-corrected chi connectivity index (χ0v) is 8.83. The Kier molecular flexibility index (Phi) is 1.92. The molecule has 1 saturated heterocycles. The van der Waals surface area contributed by atoms with Crippen molar-refractivity contribution in [2.24, 2.45) is 0 Å². The second kappa shape index (κ2) is 3.28. The van der Waals surface area contributed by atoms with Crippen LogP contribution in [0.3, 0.4) is 0 Å². The van der Waals surface area contributed by atoms with Crippen molar-refractivity contribution in [3.8, 4) is 0 Å². The SMILES string of the molecule is CN(c1c[nH]c2ccccc12)C1CNC1. The van der Waals surface area contributed by atoms with Gasteiger partial charge in [0, 0.05) is 37.2 Å². The molecular weight excluding hydrogens is 186 g/mol. The van der Waals surface area contributed by atoms with Crippen molar-refractivity contribution in [1.82, 2.24) is 10.3 Å². The fourth-order valence-corrected chi connectivity index (χ4v) is 2.09. The topological polar surface area (TPSA) is 31.1 Å². The van der Waals surface area contributed by atoms with Crippen LogP contribution in [0.1, 0.15) is 0 Å². The first-order chi connectivity index (χ1) is 7.36. The quantitative estimate of drug-likeness (QED) is 0.773. The number of H-pyrrole nitrogens is 1. The molecule has 0 spiro atoms. The van der Waals surface area contributed by atoms with Crippen molar-refractivity contribution < 1.29 is 0 Å². The van der Waals surface area contributed by atoms with Crippen LogP contribution in [0.15, 0.2) is 30.5 Å². The molecule has 0 amide bonds. The lowest BCUT2D eigenvalue weighted by Crippen LogP contribution is -2.56. The number of nitrogens with one attached hydrogen (secondary N) is 2. The van der Waals surface area contributed by atoms with Gasteiger partial charge in [-0.2, -0.15) is 0 Å². The number of nitrogens with zero attached hydrogens (tertiary/aromatic N) is 1. The Hall–Kier alpha value is -1.48. The molecule has 0 atom stereocenters. The molecule has 1 aromatic carbocycles. The second-order valence-corrected chi connectivity index (χ2v) is 4.14. The summed E-state index contributed by atoms with van der Waals surface area (Å²) >= 11 is 0. The highest BCUT2D eigenvalue weighted by atomic mass is 15.2. The van der Waals surface area contributed by atoms with Crippen molar-refractivity contribution in [3.63, 3.8) is 0 Å². The molecule has 1 aromatic heterocycles. The van der Waals surface area contributed by atoms with Crippen LogP contribution >= 0.6 is 0 Å². The van der Waals surface area contributed by atoms with Gasteiger partial charge in [-0.3, -0.25) is 0 Å². The van der Waals surface area contributed by atoms with Crippen LogP contribution in [0.2, 0.25) is 0 Å². The van der Waals surface area contributed by atoms with Gasteiger partial charge in [-0.1, -0.05) is 18.2 Å². The van der Waals surface area contributed by atoms with Gasteiger partial charge in [-0.05, 0) is 6.07 Å². The van der Waals surface area contributed by atoms with Crippen LogP contribution in [0, 0.1) is 0 Å². The van der Waals surface area contributed by atoms with E-state index >= 15 is 0 Å². The van der Waals surface area contributed by atoms with E-state index in [1.54, 1.807) is 0 Å². The maximum absolute atomic E-state index is 3.31. The average Bonchev–Trinajstić information content (AvgIpc) is 2.58. The molecule has 0 bridgehead atoms. The predicted molar refractivity (Wildman–Crippen MR) is 63.4 cm³/mol. The summed E-state index contributed by atoms with van der Waals surface area (Å²) in [7, 11) is 2.17. The monoisotopic (exact) mass is 201 g/mol. The van der Waals surface area contributed by atoms with Gasteiger partial charge in [0.2, 0.25) is 0 Å². The number of aromatic nitrogens is 1. The Balaban J connectivity index is 2.02. The van der Waals surface area contributed by atoms with Crippen LogP contribution in [0.4, 0.5) is 5.69 Å². The summed E-state index contributed by atoms with van der Waals surface area (Å²) in [6, 6.07) is 9.08. The number of benzene rings is 1. The number of likely N-dealkylation sites (N-methyl/N-ethyl adjacent to an activating group) is 1. The molecule has 2 heterocycles. The zero-order chi connectivity index (χ0) is 10.3. The lowest BCUT2D eigenvalue weighted by atomic mass is 10.1. The zero-order valence-electron chi connectivity index (χ0n) is 8.83. The molecule has 0 unspecified atom stereocenters. The minimum absolute atomic E-state index is 0.643. The highest BCUT2D eigenvalue weighted by molar-refractivity contribution is 5.92. The van der Waals surface area contributed by atoms with E-state index in [-0.39, 0.29) is 0 Å². The van der Waals surface area contributed by atoms with E-state index in [4.69, 9.17) is 0 Å². The molecule has 2 aromatic rings. The molecule has 0 radical (unpaired) electrons. The van der Waals surface area contributed by atoms with Crippen LogP contribution < -0.4 is 10.2 Å². The number of fused-ring (bicyclic) bond motifs is 1. The van der Waals surface area contributed by atoms with Crippen molar-refractivity contribution >= 4 is 16.6 Å². The second-order valence-electron chi connectivity index (χ2n) is 4.14. The summed E-state index contributed by atoms with van der Waals surface area (Å²) in [5, 5.41) is 4.61. The van der Waals surface area contributed by atoms with Gasteiger partial charge in [-0.25, -0.2) is 0 Å². The van der Waals surface area contributed by atoms with Crippen molar-refractivity contribution in [2.45, 2.75) is 6.04 Å². The van der Waals surface area contributed by atoms with Crippen LogP contribution in [0.5, 0.6) is 0 Å². The van der Waals surface area contributed by atoms with E-state index < -0.39 is 0 Å². The Morgan fingerprint density at radius 3 is 2.80 bits per heavy atom. The maximum Gasteiger partial charge on any atom is 0.0624 e. The molecule has 3 nitrogen and oxygen atoms in total. The van der Waals surface area contributed by atoms with Crippen molar-refractivity contribution in [1.29, 1.82) is 0 Å². The maximum atomic E-state index is 3.31. The first-order valence-corrected chi connectivity index (χ1v) is 5.36. The minimum atomic E-state index is 0.643. The molecule has 3 rings (SSSR count). The summed E-state index contributed by atoms with van der Waals surface area (Å²) < 4.78 is 0. The van der Waals surface area contributed by atoms with E-state index in [0.717, 1.165) is 13.1 Å². The number of aromatic amines is 1. The first-order valence-electron chi connectivity index (χ1n) is 5.36. The van der Waals surface area contributed by atoms with Gasteiger partial charge in [-0.15, -0.1) is 0 Å². The van der Waals surface area contributed by atoms with Gasteiger partial charge in [0.1, 0.15) is 0 Å². The Morgan fingerprint density at radius 1 is 1.27 bits per heavy atom. The van der Waals surface area contributed by atoms with Gasteiger partial charge < -0.3 is 15.2 Å². The number of rotatable bonds is 2. The summed E-state index contributed by atoms with van der Waals surface area (Å²) in [5.41, 5.74) is 2.52. The minimum Gasteiger partial charge on any atom is -0.367 e. The Bertz CT molecular complexity index is 470. The summed E-state index contributed by atoms with van der Waals surface area (Å²) in [6.45, 7) is 2.19. The number of para-hydroxylation sites is 1. The largest absolute Gasteiger partial charge is 0.367 e. The third-order valence-corrected chi connectivity index (χ3v) is 3.26. The van der Waals surface area contributed by atoms with Crippen molar-refractivity contribution in [3.05, 3.63) is 30.5 Å². The fourth-order valence-electron chi connectivity index (χ4n) is 2.09. The third-order valence-electron chi connectivity index (χ3n) is 3.26. The normalized spacial score (nSPS) is 16.6. The van der Waals surface area contributed by atoms with Crippen molar-refractivity contribution in [2.75, 3.05) is 25.0 Å². The molecule has 3 heteroatoms. The smallest absolute Gasteiger partial charge is 0.0624 e. The highest BCUT2D eigenvalue weighted by Gasteiger charge is 2.23. The molecule has 1 aliphatic heterocycles. The van der Waals surface area contributed by atoms with Crippen LogP contribution in [-0.2, 0) is 0 Å². The molecule has 2 N–H and O–H groups in total. The Labute approximate surface area is 89.1 Å². The molecule has 15 heavy (non-hydrogen) atoms. The Morgan fingerprint density at radius 2 is 2.07 bits per heavy atom. The number of anilines is 1. The van der Waals surface area contributed by atoms with E-state index in [1.807, 2.05) is 0 Å². The van der Waals surface area contributed by atoms with E-state index in [9.17, 15) is 0 Å². The standard InChI is InChI=1S/C12H15N3/c1-15(9-6-13-7-9)12-8-14-11-5-3-2-4-10(11)12/h2-5,8-9,13-14H,6-7H2,1H3. The molecule has 78 valence electrons. The number of hydrogen-bond acceptors (Lipinski definition) is 2. The van der Waals surface area contributed by atoms with E-state index in [0.29, 0.717) is 6.04 Å². The lowest BCUT2D eigenvalue weighted by molar-refractivity contribution is 0.429. The van der Waals surface area contributed by atoms with Gasteiger partial charge in [0.25, 0.3) is 0 Å². The molecule has 0 saturated carbocycles. The summed E-state index contributed by atoms with van der Waals surface area (Å²) in [6.07, 6.45) is 2.10. The summed E-state index contributed by atoms with van der Waals surface area (Å²) in [5.74, 6) is 0. The lowest BCUT2D eigenvalue weighted by Gasteiger charge is -2.36. The predicted octanol–water partition coefficient (Wildman–Crippen LogP) is 1.58. The van der Waals surface area contributed by atoms with Gasteiger partial charge in [0.05, 0.1) is 11.7 Å². The van der Waals surface area contributed by atoms with Gasteiger partial charge >= 0.3 is 0 Å². The molecule has 1 fully saturated rings. The molecule has 0 aliphatic carbocycles. The highest BCUT2D eigenvalue weighted by Crippen LogP contribution is 2.27. The first kappa shape index (κ1) is 8.80. The van der Waals surface area contributed by atoms with Crippen LogP contribution in [-0.4, -0.2) is 31.2 Å².